The topological polar surface area (TPSA) is 32.7 Å². The molecule has 1 amide bonds. The van der Waals surface area contributed by atoms with Gasteiger partial charge in [0.15, 0.2) is 5.17 Å². The number of likely N-dealkylation sites (N-methyl/N-ethyl adjacent to an activating group) is 1. The minimum absolute atomic E-state index is 0.100. The molecule has 1 fully saturated rings. The van der Waals surface area contributed by atoms with Gasteiger partial charge in [0, 0.05) is 17.1 Å². The molecule has 1 aliphatic rings. The smallest absolute Gasteiger partial charge is 0.266 e. The minimum atomic E-state index is -0.100. The van der Waals surface area contributed by atoms with E-state index in [9.17, 15) is 4.79 Å². The Hall–Kier alpha value is -1.75. The first-order valence-electron chi connectivity index (χ1n) is 7.22. The van der Waals surface area contributed by atoms with Crippen molar-refractivity contribution in [1.29, 1.82) is 0 Å². The summed E-state index contributed by atoms with van der Waals surface area (Å²) in [5.74, 6) is -0.100. The Morgan fingerprint density at radius 3 is 2.50 bits per heavy atom. The molecular weight excluding hydrogens is 363 g/mol. The molecule has 0 aliphatic carbocycles. The van der Waals surface area contributed by atoms with Gasteiger partial charge in [-0.25, -0.2) is 4.99 Å². The molecule has 0 saturated carbocycles. The van der Waals surface area contributed by atoms with Gasteiger partial charge in [-0.2, -0.15) is 0 Å². The first-order valence-corrected chi connectivity index (χ1v) is 8.79. The zero-order valence-corrected chi connectivity index (χ0v) is 15.4. The largest absolute Gasteiger partial charge is 0.290 e. The van der Waals surface area contributed by atoms with Crippen molar-refractivity contribution in [2.45, 2.75) is 6.92 Å². The number of nitrogens with zero attached hydrogens (tertiary/aromatic N) is 2. The Kier molecular flexibility index (Phi) is 4.99. The van der Waals surface area contributed by atoms with E-state index in [4.69, 9.17) is 23.2 Å². The average Bonchev–Trinajstić information content (AvgIpc) is 2.80. The van der Waals surface area contributed by atoms with Crippen LogP contribution < -0.4 is 0 Å². The lowest BCUT2D eigenvalue weighted by Crippen LogP contribution is -2.23. The van der Waals surface area contributed by atoms with Crippen LogP contribution in [0.5, 0.6) is 0 Å². The summed E-state index contributed by atoms with van der Waals surface area (Å²) in [4.78, 5) is 19.1. The molecule has 0 N–H and O–H groups in total. The molecule has 0 spiro atoms. The van der Waals surface area contributed by atoms with Crippen LogP contribution in [0, 0.1) is 6.92 Å². The van der Waals surface area contributed by atoms with Crippen molar-refractivity contribution in [2.75, 3.05) is 7.05 Å². The third kappa shape index (κ3) is 3.66. The number of carbonyl (C=O) groups is 1. The van der Waals surface area contributed by atoms with Crippen molar-refractivity contribution in [3.05, 3.63) is 68.5 Å². The summed E-state index contributed by atoms with van der Waals surface area (Å²) in [6, 6.07) is 13.0. The van der Waals surface area contributed by atoms with Crippen LogP contribution in [0.15, 0.2) is 52.4 Å². The Morgan fingerprint density at radius 2 is 1.83 bits per heavy atom. The van der Waals surface area contributed by atoms with E-state index in [1.165, 1.54) is 17.3 Å². The number of amidine groups is 1. The number of thioether (sulfide) groups is 1. The molecule has 3 rings (SSSR count). The lowest BCUT2D eigenvalue weighted by atomic mass is 10.2. The molecule has 6 heteroatoms. The second-order valence-corrected chi connectivity index (χ2v) is 7.22. The van der Waals surface area contributed by atoms with Gasteiger partial charge in [0.1, 0.15) is 0 Å². The molecule has 0 aromatic heterocycles. The molecular formula is C18H14Cl2N2OS. The van der Waals surface area contributed by atoms with Crippen molar-refractivity contribution in [2.24, 2.45) is 4.99 Å². The predicted octanol–water partition coefficient (Wildman–Crippen LogP) is 5.54. The van der Waals surface area contributed by atoms with Gasteiger partial charge < -0.3 is 0 Å². The van der Waals surface area contributed by atoms with E-state index >= 15 is 0 Å². The maximum Gasteiger partial charge on any atom is 0.266 e. The lowest BCUT2D eigenvalue weighted by Gasteiger charge is -2.07. The van der Waals surface area contributed by atoms with Crippen LogP contribution in [-0.2, 0) is 4.79 Å². The summed E-state index contributed by atoms with van der Waals surface area (Å²) in [6.07, 6.45) is 1.76. The zero-order valence-electron chi connectivity index (χ0n) is 13.1. The fraction of sp³-hybridized carbons (Fsp3) is 0.111. The summed E-state index contributed by atoms with van der Waals surface area (Å²) in [5, 5.41) is 1.71. The maximum atomic E-state index is 12.4. The van der Waals surface area contributed by atoms with E-state index in [0.717, 1.165) is 11.3 Å². The Balaban J connectivity index is 1.91. The highest BCUT2D eigenvalue weighted by Crippen LogP contribution is 2.34. The number of carbonyl (C=O) groups excluding carboxylic acids is 1. The van der Waals surface area contributed by atoms with Gasteiger partial charge in [-0.1, -0.05) is 47.0 Å². The van der Waals surface area contributed by atoms with Gasteiger partial charge in [-0.3, -0.25) is 9.69 Å². The normalized spacial score (nSPS) is 18.0. The van der Waals surface area contributed by atoms with Gasteiger partial charge in [0.05, 0.1) is 10.6 Å². The SMILES string of the molecule is Cc1ccc(N=C2S/C(=C/c3ccc(Cl)cc3Cl)C(=O)N2C)cc1. The molecule has 1 aliphatic heterocycles. The average molecular weight is 377 g/mol. The summed E-state index contributed by atoms with van der Waals surface area (Å²) in [6.45, 7) is 2.02. The second kappa shape index (κ2) is 7.01. The van der Waals surface area contributed by atoms with E-state index in [-0.39, 0.29) is 5.91 Å². The molecule has 3 nitrogen and oxygen atoms in total. The Morgan fingerprint density at radius 1 is 1.12 bits per heavy atom. The lowest BCUT2D eigenvalue weighted by molar-refractivity contribution is -0.121. The van der Waals surface area contributed by atoms with E-state index in [2.05, 4.69) is 4.99 Å². The fourth-order valence-corrected chi connectivity index (χ4v) is 3.58. The molecule has 2 aromatic rings. The Bertz CT molecular complexity index is 860. The maximum absolute atomic E-state index is 12.4. The monoisotopic (exact) mass is 376 g/mol. The number of hydrogen-bond acceptors (Lipinski definition) is 3. The van der Waals surface area contributed by atoms with Crippen molar-refractivity contribution >= 4 is 57.8 Å². The van der Waals surface area contributed by atoms with Crippen LogP contribution >= 0.6 is 35.0 Å². The Labute approximate surface area is 155 Å². The van der Waals surface area contributed by atoms with E-state index in [1.54, 1.807) is 36.2 Å². The van der Waals surface area contributed by atoms with Gasteiger partial charge in [0.2, 0.25) is 0 Å². The van der Waals surface area contributed by atoms with Gasteiger partial charge in [-0.15, -0.1) is 0 Å². The van der Waals surface area contributed by atoms with E-state index in [0.29, 0.717) is 20.1 Å². The molecule has 1 heterocycles. The molecule has 122 valence electrons. The molecule has 24 heavy (non-hydrogen) atoms. The number of aryl methyl sites for hydroxylation is 1. The summed E-state index contributed by atoms with van der Waals surface area (Å²) < 4.78 is 0. The van der Waals surface area contributed by atoms with Gasteiger partial charge >= 0.3 is 0 Å². The second-order valence-electron chi connectivity index (χ2n) is 5.37. The van der Waals surface area contributed by atoms with Crippen LogP contribution in [-0.4, -0.2) is 23.0 Å². The van der Waals surface area contributed by atoms with Crippen LogP contribution in [0.2, 0.25) is 10.0 Å². The quantitative estimate of drug-likeness (QED) is 0.644. The van der Waals surface area contributed by atoms with Crippen LogP contribution in [0.3, 0.4) is 0 Å². The number of hydrogen-bond donors (Lipinski definition) is 0. The highest BCUT2D eigenvalue weighted by atomic mass is 35.5. The number of halogens is 2. The fourth-order valence-electron chi connectivity index (χ4n) is 2.14. The number of amides is 1. The first kappa shape index (κ1) is 17.1. The molecule has 0 unspecified atom stereocenters. The summed E-state index contributed by atoms with van der Waals surface area (Å²) >= 11 is 13.4. The number of benzene rings is 2. The van der Waals surface area contributed by atoms with E-state index < -0.39 is 0 Å². The van der Waals surface area contributed by atoms with E-state index in [1.807, 2.05) is 31.2 Å². The molecule has 0 radical (unpaired) electrons. The minimum Gasteiger partial charge on any atom is -0.290 e. The molecule has 0 bridgehead atoms. The van der Waals surface area contributed by atoms with Crippen molar-refractivity contribution in [1.82, 2.24) is 4.90 Å². The first-order chi connectivity index (χ1) is 11.4. The predicted molar refractivity (Wildman–Crippen MR) is 103 cm³/mol. The molecule has 2 aromatic carbocycles. The molecule has 0 atom stereocenters. The standard InChI is InChI=1S/C18H14Cl2N2OS/c1-11-3-7-14(8-4-11)21-18-22(2)17(23)16(24-18)9-12-5-6-13(19)10-15(12)20/h3-10H,1-2H3/b16-9+,21-18?. The highest BCUT2D eigenvalue weighted by molar-refractivity contribution is 8.18. The van der Waals surface area contributed by atoms with Crippen molar-refractivity contribution in [3.63, 3.8) is 0 Å². The third-order valence-corrected chi connectivity index (χ3v) is 5.13. The van der Waals surface area contributed by atoms with Gasteiger partial charge in [0.25, 0.3) is 5.91 Å². The third-order valence-electron chi connectivity index (χ3n) is 3.51. The van der Waals surface area contributed by atoms with Gasteiger partial charge in [-0.05, 0) is 54.6 Å². The van der Waals surface area contributed by atoms with Crippen molar-refractivity contribution in [3.8, 4) is 0 Å². The summed E-state index contributed by atoms with van der Waals surface area (Å²) in [7, 11) is 1.71. The molecule has 1 saturated heterocycles. The summed E-state index contributed by atoms with van der Waals surface area (Å²) in [5.41, 5.74) is 2.73. The highest BCUT2D eigenvalue weighted by Gasteiger charge is 2.30. The van der Waals surface area contributed by atoms with Crippen LogP contribution in [0.4, 0.5) is 5.69 Å². The zero-order chi connectivity index (χ0) is 17.3. The van der Waals surface area contributed by atoms with Crippen LogP contribution in [0.1, 0.15) is 11.1 Å². The van der Waals surface area contributed by atoms with Crippen LogP contribution in [0.25, 0.3) is 6.08 Å². The number of rotatable bonds is 2. The number of aliphatic imine (C=N–C) groups is 1. The van der Waals surface area contributed by atoms with Crippen molar-refractivity contribution < 1.29 is 4.79 Å².